The number of pyridine rings is 1. The number of carbonyl (C=O) groups is 1. The lowest BCUT2D eigenvalue weighted by atomic mass is 10.0. The summed E-state index contributed by atoms with van der Waals surface area (Å²) in [7, 11) is 0. The van der Waals surface area contributed by atoms with Gasteiger partial charge >= 0.3 is 0 Å². The Morgan fingerprint density at radius 3 is 2.68 bits per heavy atom. The molecule has 0 atom stereocenters. The van der Waals surface area contributed by atoms with Gasteiger partial charge in [0, 0.05) is 43.7 Å². The summed E-state index contributed by atoms with van der Waals surface area (Å²) in [5.74, 6) is 1.08. The van der Waals surface area contributed by atoms with E-state index in [0.29, 0.717) is 41.9 Å². The summed E-state index contributed by atoms with van der Waals surface area (Å²) in [5, 5.41) is 4.01. The third kappa shape index (κ3) is 4.60. The monoisotopic (exact) mass is 469 g/mol. The maximum atomic E-state index is 13.0. The van der Waals surface area contributed by atoms with Crippen LogP contribution in [0.1, 0.15) is 27.3 Å². The van der Waals surface area contributed by atoms with Gasteiger partial charge in [0.25, 0.3) is 5.91 Å². The second kappa shape index (κ2) is 9.56. The van der Waals surface area contributed by atoms with Crippen LogP contribution in [0.3, 0.4) is 0 Å². The number of fused-ring (bicyclic) bond motifs is 1. The van der Waals surface area contributed by atoms with E-state index in [4.69, 9.17) is 0 Å². The first kappa shape index (κ1) is 22.0. The summed E-state index contributed by atoms with van der Waals surface area (Å²) in [5.41, 5.74) is 5.74. The van der Waals surface area contributed by atoms with Crippen molar-refractivity contribution in [2.24, 2.45) is 0 Å². The van der Waals surface area contributed by atoms with Crippen LogP contribution < -0.4 is 10.2 Å². The highest BCUT2D eigenvalue weighted by Crippen LogP contribution is 2.25. The smallest absolute Gasteiger partial charge is 0.262 e. The Labute approximate surface area is 201 Å². The fourth-order valence-corrected chi connectivity index (χ4v) is 4.23. The summed E-state index contributed by atoms with van der Waals surface area (Å²) >= 11 is 1.47. The molecular weight excluding hydrogens is 446 g/mol. The molecule has 1 aliphatic rings. The van der Waals surface area contributed by atoms with Crippen LogP contribution in [0.4, 0.5) is 11.6 Å². The Morgan fingerprint density at radius 1 is 1.03 bits per heavy atom. The predicted octanol–water partition coefficient (Wildman–Crippen LogP) is 4.17. The van der Waals surface area contributed by atoms with E-state index in [0.717, 1.165) is 28.1 Å². The number of thioether (sulfide) groups is 1. The number of benzene rings is 1. The van der Waals surface area contributed by atoms with Gasteiger partial charge in [0.1, 0.15) is 18.0 Å². The lowest BCUT2D eigenvalue weighted by molar-refractivity contribution is 0.0978. The number of hydrogen-bond donors (Lipinski definition) is 1. The van der Waals surface area contributed by atoms with Crippen LogP contribution in [0.25, 0.3) is 11.1 Å². The molecule has 0 radical (unpaired) electrons. The molecule has 4 heterocycles. The Balaban J connectivity index is 1.27. The molecule has 0 bridgehead atoms. The van der Waals surface area contributed by atoms with Gasteiger partial charge in [-0.25, -0.2) is 19.9 Å². The molecule has 170 valence electrons. The molecule has 0 fully saturated rings. The van der Waals surface area contributed by atoms with Gasteiger partial charge in [-0.15, -0.1) is 0 Å². The van der Waals surface area contributed by atoms with Crippen molar-refractivity contribution in [2.75, 3.05) is 23.0 Å². The van der Waals surface area contributed by atoms with Gasteiger partial charge < -0.3 is 5.32 Å². The number of aryl methyl sites for hydroxylation is 1. The molecule has 1 aliphatic heterocycles. The average Bonchev–Trinajstić information content (AvgIpc) is 2.88. The topological polar surface area (TPSA) is 96.8 Å². The number of nitrogens with zero attached hydrogens (tertiary/aromatic N) is 6. The molecule has 4 aromatic rings. The number of aromatic nitrogens is 5. The van der Waals surface area contributed by atoms with Gasteiger partial charge in [-0.3, -0.25) is 14.7 Å². The molecule has 0 saturated carbocycles. The zero-order chi connectivity index (χ0) is 23.5. The Morgan fingerprint density at radius 2 is 1.88 bits per heavy atom. The second-order valence-electron chi connectivity index (χ2n) is 7.92. The highest BCUT2D eigenvalue weighted by molar-refractivity contribution is 7.98. The standard InChI is InChI=1S/C25H23N7OS/c1-16-11-19(7-9-26-16)18-5-3-17(4-6-18)13-27-22-12-23(30-15-29-22)32-10-8-21-20(24(32)33)14-28-25(31-21)34-2/h3-7,9,11-12,14-15H,8,10,13H2,1-2H3,(H,27,29,30). The van der Waals surface area contributed by atoms with Crippen molar-refractivity contribution < 1.29 is 4.79 Å². The molecule has 0 spiro atoms. The predicted molar refractivity (Wildman–Crippen MR) is 133 cm³/mol. The third-order valence-electron chi connectivity index (χ3n) is 5.66. The Bertz CT molecular complexity index is 1340. The number of anilines is 2. The minimum absolute atomic E-state index is 0.138. The summed E-state index contributed by atoms with van der Waals surface area (Å²) in [6, 6.07) is 14.3. The number of amides is 1. The normalized spacial score (nSPS) is 13.0. The van der Waals surface area contributed by atoms with Crippen LogP contribution in [0.2, 0.25) is 0 Å². The van der Waals surface area contributed by atoms with Crippen molar-refractivity contribution in [1.29, 1.82) is 0 Å². The van der Waals surface area contributed by atoms with E-state index in [9.17, 15) is 4.79 Å². The van der Waals surface area contributed by atoms with Crippen molar-refractivity contribution >= 4 is 29.3 Å². The van der Waals surface area contributed by atoms with E-state index >= 15 is 0 Å². The van der Waals surface area contributed by atoms with Crippen molar-refractivity contribution in [1.82, 2.24) is 24.9 Å². The first-order valence-electron chi connectivity index (χ1n) is 10.9. The molecule has 5 rings (SSSR count). The molecule has 3 aromatic heterocycles. The number of carbonyl (C=O) groups excluding carboxylic acids is 1. The molecule has 9 heteroatoms. The van der Waals surface area contributed by atoms with Gasteiger partial charge in [-0.1, -0.05) is 36.0 Å². The number of rotatable bonds is 6. The molecule has 0 aliphatic carbocycles. The molecule has 0 unspecified atom stereocenters. The third-order valence-corrected chi connectivity index (χ3v) is 6.22. The van der Waals surface area contributed by atoms with Gasteiger partial charge in [-0.2, -0.15) is 0 Å². The SMILES string of the molecule is CSc1ncc2c(n1)CCN(c1cc(NCc3ccc(-c4ccnc(C)c4)cc3)ncn1)C2=O. The van der Waals surface area contributed by atoms with Crippen LogP contribution >= 0.6 is 11.8 Å². The number of nitrogens with one attached hydrogen (secondary N) is 1. The Kier molecular flexibility index (Phi) is 6.18. The zero-order valence-corrected chi connectivity index (χ0v) is 19.7. The fourth-order valence-electron chi connectivity index (χ4n) is 3.87. The number of hydrogen-bond acceptors (Lipinski definition) is 8. The van der Waals surface area contributed by atoms with Gasteiger partial charge in [-0.05, 0) is 42.0 Å². The van der Waals surface area contributed by atoms with Crippen molar-refractivity contribution in [3.05, 3.63) is 83.7 Å². The lowest BCUT2D eigenvalue weighted by Crippen LogP contribution is -2.39. The van der Waals surface area contributed by atoms with Crippen LogP contribution in [-0.2, 0) is 13.0 Å². The minimum atomic E-state index is -0.138. The largest absolute Gasteiger partial charge is 0.366 e. The highest BCUT2D eigenvalue weighted by Gasteiger charge is 2.28. The van der Waals surface area contributed by atoms with Crippen LogP contribution in [0.15, 0.2) is 66.3 Å². The average molecular weight is 470 g/mol. The van der Waals surface area contributed by atoms with Crippen molar-refractivity contribution in [2.45, 2.75) is 25.0 Å². The molecule has 0 saturated heterocycles. The minimum Gasteiger partial charge on any atom is -0.366 e. The molecule has 1 amide bonds. The van der Waals surface area contributed by atoms with Gasteiger partial charge in [0.15, 0.2) is 5.16 Å². The fraction of sp³-hybridized carbons (Fsp3) is 0.200. The van der Waals surface area contributed by atoms with E-state index in [1.807, 2.05) is 25.4 Å². The van der Waals surface area contributed by atoms with Crippen LogP contribution in [-0.4, -0.2) is 43.6 Å². The maximum absolute atomic E-state index is 13.0. The lowest BCUT2D eigenvalue weighted by Gasteiger charge is -2.27. The van der Waals surface area contributed by atoms with Gasteiger partial charge in [0.2, 0.25) is 0 Å². The zero-order valence-electron chi connectivity index (χ0n) is 18.9. The van der Waals surface area contributed by atoms with Crippen molar-refractivity contribution in [3.8, 4) is 11.1 Å². The molecule has 1 aromatic carbocycles. The summed E-state index contributed by atoms with van der Waals surface area (Å²) < 4.78 is 0. The van der Waals surface area contributed by atoms with E-state index < -0.39 is 0 Å². The first-order chi connectivity index (χ1) is 16.6. The summed E-state index contributed by atoms with van der Waals surface area (Å²) in [6.07, 6.45) is 7.49. The second-order valence-corrected chi connectivity index (χ2v) is 8.70. The maximum Gasteiger partial charge on any atom is 0.262 e. The van der Waals surface area contributed by atoms with Crippen LogP contribution in [0.5, 0.6) is 0 Å². The summed E-state index contributed by atoms with van der Waals surface area (Å²) in [6.45, 7) is 3.11. The molecular formula is C25H23N7OS. The highest BCUT2D eigenvalue weighted by atomic mass is 32.2. The first-order valence-corrected chi connectivity index (χ1v) is 12.1. The van der Waals surface area contributed by atoms with E-state index in [2.05, 4.69) is 60.6 Å². The molecule has 8 nitrogen and oxygen atoms in total. The van der Waals surface area contributed by atoms with E-state index in [-0.39, 0.29) is 5.91 Å². The van der Waals surface area contributed by atoms with E-state index in [1.165, 1.54) is 18.1 Å². The van der Waals surface area contributed by atoms with E-state index in [1.54, 1.807) is 17.2 Å². The van der Waals surface area contributed by atoms with Gasteiger partial charge in [0.05, 0.1) is 11.3 Å². The van der Waals surface area contributed by atoms with Crippen LogP contribution in [0, 0.1) is 6.92 Å². The summed E-state index contributed by atoms with van der Waals surface area (Å²) in [4.78, 5) is 36.3. The molecule has 1 N–H and O–H groups in total. The van der Waals surface area contributed by atoms with Crippen molar-refractivity contribution in [3.63, 3.8) is 0 Å². The Hall–Kier alpha value is -3.85. The molecule has 34 heavy (non-hydrogen) atoms. The quantitative estimate of drug-likeness (QED) is 0.332.